The van der Waals surface area contributed by atoms with Crippen molar-refractivity contribution in [2.75, 3.05) is 0 Å². The molecule has 3 nitrogen and oxygen atoms in total. The smallest absolute Gasteiger partial charge is 0.312 e. The van der Waals surface area contributed by atoms with Crippen molar-refractivity contribution in [1.29, 1.82) is 0 Å². The van der Waals surface area contributed by atoms with E-state index in [-0.39, 0.29) is 6.04 Å². The van der Waals surface area contributed by atoms with Crippen LogP contribution in [0.15, 0.2) is 0 Å². The Kier molecular flexibility index (Phi) is 4.94. The van der Waals surface area contributed by atoms with Gasteiger partial charge in [0.15, 0.2) is 0 Å². The third-order valence-corrected chi connectivity index (χ3v) is 1.14. The molecule has 0 bridgehead atoms. The lowest BCUT2D eigenvalue weighted by molar-refractivity contribution is -0.137. The summed E-state index contributed by atoms with van der Waals surface area (Å²) in [5, 5.41) is 0. The summed E-state index contributed by atoms with van der Waals surface area (Å²) in [7, 11) is 0. The maximum Gasteiger partial charge on any atom is 0.312 e. The van der Waals surface area contributed by atoms with Gasteiger partial charge in [-0.3, -0.25) is 4.79 Å². The van der Waals surface area contributed by atoms with Crippen LogP contribution in [0.5, 0.6) is 0 Å². The van der Waals surface area contributed by atoms with Crippen molar-refractivity contribution in [1.82, 2.24) is 5.48 Å². The molecule has 0 saturated heterocycles. The van der Waals surface area contributed by atoms with Crippen LogP contribution >= 0.6 is 0 Å². The summed E-state index contributed by atoms with van der Waals surface area (Å²) < 4.78 is 0. The van der Waals surface area contributed by atoms with E-state index in [0.29, 0.717) is 12.4 Å². The van der Waals surface area contributed by atoms with Crippen LogP contribution < -0.4 is 5.48 Å². The minimum absolute atomic E-state index is 0.241. The Morgan fingerprint density at radius 2 is 2.10 bits per heavy atom. The van der Waals surface area contributed by atoms with E-state index in [2.05, 4.69) is 24.2 Å². The highest BCUT2D eigenvalue weighted by Crippen LogP contribution is 2.02. The van der Waals surface area contributed by atoms with Crippen LogP contribution in [-0.2, 0) is 9.63 Å². The molecule has 0 aromatic carbocycles. The van der Waals surface area contributed by atoms with Gasteiger partial charge >= 0.3 is 6.47 Å². The molecule has 60 valence electrons. The zero-order chi connectivity index (χ0) is 7.98. The van der Waals surface area contributed by atoms with Crippen LogP contribution in [0.2, 0.25) is 0 Å². The molecule has 0 rings (SSSR count). The molecule has 0 aromatic heterocycles. The predicted octanol–water partition coefficient (Wildman–Crippen LogP) is 1.10. The molecule has 1 atom stereocenters. The molecule has 0 aliphatic heterocycles. The fraction of sp³-hybridized carbons (Fsp3) is 0.857. The number of hydrogen-bond donors (Lipinski definition) is 1. The molecule has 0 saturated carbocycles. The Morgan fingerprint density at radius 3 is 2.50 bits per heavy atom. The Hall–Kier alpha value is -0.570. The van der Waals surface area contributed by atoms with Crippen molar-refractivity contribution in [3.05, 3.63) is 0 Å². The maximum atomic E-state index is 9.71. The molecule has 3 heteroatoms. The molecule has 0 aromatic rings. The molecule has 0 spiro atoms. The number of rotatable bonds is 5. The van der Waals surface area contributed by atoms with Crippen LogP contribution in [0, 0.1) is 5.92 Å². The van der Waals surface area contributed by atoms with Crippen LogP contribution in [-0.4, -0.2) is 12.5 Å². The lowest BCUT2D eigenvalue weighted by Gasteiger charge is -2.12. The second-order valence-corrected chi connectivity index (χ2v) is 2.86. The van der Waals surface area contributed by atoms with E-state index < -0.39 is 0 Å². The van der Waals surface area contributed by atoms with Crippen molar-refractivity contribution in [3.63, 3.8) is 0 Å². The summed E-state index contributed by atoms with van der Waals surface area (Å²) in [4.78, 5) is 14.1. The number of nitrogens with one attached hydrogen (secondary N) is 1. The minimum Gasteiger partial charge on any atom is -0.373 e. The topological polar surface area (TPSA) is 38.3 Å². The van der Waals surface area contributed by atoms with Gasteiger partial charge in [0.05, 0.1) is 0 Å². The fourth-order valence-electron chi connectivity index (χ4n) is 0.899. The highest BCUT2D eigenvalue weighted by Gasteiger charge is 2.03. The lowest BCUT2D eigenvalue weighted by Crippen LogP contribution is -2.26. The lowest BCUT2D eigenvalue weighted by atomic mass is 10.1. The molecule has 10 heavy (non-hydrogen) atoms. The number of hydroxylamine groups is 1. The third kappa shape index (κ3) is 5.56. The van der Waals surface area contributed by atoms with Crippen molar-refractivity contribution in [3.8, 4) is 0 Å². The van der Waals surface area contributed by atoms with Crippen molar-refractivity contribution in [2.24, 2.45) is 5.92 Å². The van der Waals surface area contributed by atoms with Gasteiger partial charge in [-0.2, -0.15) is 5.48 Å². The Labute approximate surface area is 61.7 Å². The molecule has 0 heterocycles. The average molecular weight is 145 g/mol. The van der Waals surface area contributed by atoms with E-state index in [9.17, 15) is 4.79 Å². The van der Waals surface area contributed by atoms with E-state index in [1.807, 2.05) is 6.92 Å². The van der Waals surface area contributed by atoms with Gasteiger partial charge in [0.25, 0.3) is 0 Å². The van der Waals surface area contributed by atoms with Gasteiger partial charge in [0.1, 0.15) is 0 Å². The number of carbonyl (C=O) groups excluding carboxylic acids is 1. The van der Waals surface area contributed by atoms with E-state index in [1.54, 1.807) is 0 Å². The second kappa shape index (κ2) is 5.23. The van der Waals surface area contributed by atoms with E-state index >= 15 is 0 Å². The van der Waals surface area contributed by atoms with Crippen LogP contribution in [0.4, 0.5) is 0 Å². The van der Waals surface area contributed by atoms with E-state index in [1.165, 1.54) is 0 Å². The first-order valence-corrected chi connectivity index (χ1v) is 3.51. The van der Waals surface area contributed by atoms with Crippen molar-refractivity contribution < 1.29 is 9.63 Å². The first-order valence-electron chi connectivity index (χ1n) is 3.51. The zero-order valence-corrected chi connectivity index (χ0v) is 6.76. The first kappa shape index (κ1) is 9.43. The summed E-state index contributed by atoms with van der Waals surface area (Å²) in [6.07, 6.45) is 1.01. The summed E-state index contributed by atoms with van der Waals surface area (Å²) in [6, 6.07) is 0.241. The van der Waals surface area contributed by atoms with Crippen LogP contribution in [0.1, 0.15) is 27.2 Å². The standard InChI is InChI=1S/C7H15NO2/c1-6(2)4-7(3)8-10-5-9/h5-8H,4H2,1-3H3. The average Bonchev–Trinajstić information content (AvgIpc) is 1.82. The molecular weight excluding hydrogens is 130 g/mol. The summed E-state index contributed by atoms with van der Waals surface area (Å²) >= 11 is 0. The monoisotopic (exact) mass is 145 g/mol. The Bertz CT molecular complexity index is 93.6. The molecular formula is C7H15NO2. The molecule has 0 aliphatic rings. The number of hydrogen-bond acceptors (Lipinski definition) is 3. The second-order valence-electron chi connectivity index (χ2n) is 2.86. The van der Waals surface area contributed by atoms with E-state index in [0.717, 1.165) is 6.42 Å². The zero-order valence-electron chi connectivity index (χ0n) is 6.76. The number of carbonyl (C=O) groups is 1. The van der Waals surface area contributed by atoms with Gasteiger partial charge in [-0.05, 0) is 19.3 Å². The fourth-order valence-corrected chi connectivity index (χ4v) is 0.899. The molecule has 0 amide bonds. The highest BCUT2D eigenvalue weighted by atomic mass is 16.7. The van der Waals surface area contributed by atoms with Crippen molar-refractivity contribution in [2.45, 2.75) is 33.2 Å². The van der Waals surface area contributed by atoms with Gasteiger partial charge in [0.2, 0.25) is 0 Å². The quantitative estimate of drug-likeness (QED) is 0.465. The molecule has 0 aliphatic carbocycles. The van der Waals surface area contributed by atoms with Gasteiger partial charge in [0, 0.05) is 6.04 Å². The summed E-state index contributed by atoms with van der Waals surface area (Å²) in [6.45, 7) is 6.62. The Morgan fingerprint density at radius 1 is 1.50 bits per heavy atom. The Balaban J connectivity index is 3.24. The molecule has 0 radical (unpaired) electrons. The van der Waals surface area contributed by atoms with Gasteiger partial charge in [-0.15, -0.1) is 0 Å². The minimum atomic E-state index is 0.241. The first-order chi connectivity index (χ1) is 4.66. The van der Waals surface area contributed by atoms with Gasteiger partial charge < -0.3 is 4.84 Å². The normalized spacial score (nSPS) is 13.2. The van der Waals surface area contributed by atoms with Gasteiger partial charge in [-0.1, -0.05) is 13.8 Å². The van der Waals surface area contributed by atoms with E-state index in [4.69, 9.17) is 0 Å². The third-order valence-electron chi connectivity index (χ3n) is 1.14. The maximum absolute atomic E-state index is 9.71. The van der Waals surface area contributed by atoms with Crippen molar-refractivity contribution >= 4 is 6.47 Å². The predicted molar refractivity (Wildman–Crippen MR) is 39.2 cm³/mol. The molecule has 1 N–H and O–H groups in total. The molecule has 1 unspecified atom stereocenters. The summed E-state index contributed by atoms with van der Waals surface area (Å²) in [5.74, 6) is 0.623. The van der Waals surface area contributed by atoms with Crippen LogP contribution in [0.3, 0.4) is 0 Å². The van der Waals surface area contributed by atoms with Crippen LogP contribution in [0.25, 0.3) is 0 Å². The highest BCUT2D eigenvalue weighted by molar-refractivity contribution is 5.36. The molecule has 0 fully saturated rings. The largest absolute Gasteiger partial charge is 0.373 e. The summed E-state index contributed by atoms with van der Waals surface area (Å²) in [5.41, 5.74) is 2.60. The SMILES string of the molecule is CC(C)CC(C)NOC=O. The van der Waals surface area contributed by atoms with Gasteiger partial charge in [-0.25, -0.2) is 0 Å².